The van der Waals surface area contributed by atoms with Gasteiger partial charge in [-0.05, 0) is 45.0 Å². The van der Waals surface area contributed by atoms with Crippen LogP contribution in [0.5, 0.6) is 0 Å². The average Bonchev–Trinajstić information content (AvgIpc) is 2.33. The third-order valence-corrected chi connectivity index (χ3v) is 3.13. The van der Waals surface area contributed by atoms with Crippen LogP contribution in [-0.2, 0) is 0 Å². The van der Waals surface area contributed by atoms with Gasteiger partial charge in [-0.1, -0.05) is 0 Å². The van der Waals surface area contributed by atoms with Crippen LogP contribution >= 0.6 is 0 Å². The summed E-state index contributed by atoms with van der Waals surface area (Å²) in [4.78, 5) is 6.75. The molecule has 0 atom stereocenters. The van der Waals surface area contributed by atoms with Gasteiger partial charge in [-0.15, -0.1) is 0 Å². The number of rotatable bonds is 3. The van der Waals surface area contributed by atoms with Gasteiger partial charge in [0, 0.05) is 24.2 Å². The lowest BCUT2D eigenvalue weighted by atomic mass is 10.1. The summed E-state index contributed by atoms with van der Waals surface area (Å²) in [5.74, 6) is 0. The maximum atomic E-state index is 6.24. The molecule has 90 valence electrons. The van der Waals surface area contributed by atoms with E-state index in [4.69, 9.17) is 5.73 Å². The lowest BCUT2D eigenvalue weighted by Crippen LogP contribution is -2.22. The fourth-order valence-electron chi connectivity index (χ4n) is 2.16. The molecule has 0 bridgehead atoms. The molecule has 0 amide bonds. The number of hydrogen-bond donors (Lipinski definition) is 1. The van der Waals surface area contributed by atoms with Crippen LogP contribution in [0.1, 0.15) is 19.5 Å². The normalized spacial score (nSPS) is 10.8. The predicted molar refractivity (Wildman–Crippen MR) is 74.5 cm³/mol. The third-order valence-electron chi connectivity index (χ3n) is 3.13. The SMILES string of the molecule is CCN(CC)c1ccc2nc(C)ccc2c1N. The predicted octanol–water partition coefficient (Wildman–Crippen LogP) is 2.97. The van der Waals surface area contributed by atoms with Crippen molar-refractivity contribution in [3.8, 4) is 0 Å². The Morgan fingerprint density at radius 3 is 2.47 bits per heavy atom. The van der Waals surface area contributed by atoms with Gasteiger partial charge in [0.05, 0.1) is 16.9 Å². The van der Waals surface area contributed by atoms with Gasteiger partial charge in [0.2, 0.25) is 0 Å². The Labute approximate surface area is 102 Å². The Morgan fingerprint density at radius 2 is 1.82 bits per heavy atom. The lowest BCUT2D eigenvalue weighted by Gasteiger charge is -2.23. The molecule has 2 aromatic rings. The maximum Gasteiger partial charge on any atom is 0.0727 e. The molecule has 3 nitrogen and oxygen atoms in total. The minimum Gasteiger partial charge on any atom is -0.396 e. The Kier molecular flexibility index (Phi) is 3.18. The van der Waals surface area contributed by atoms with E-state index < -0.39 is 0 Å². The minimum atomic E-state index is 0.832. The third kappa shape index (κ3) is 2.05. The molecule has 0 radical (unpaired) electrons. The number of nitrogen functional groups attached to an aromatic ring is 1. The van der Waals surface area contributed by atoms with Crippen molar-refractivity contribution in [2.45, 2.75) is 20.8 Å². The molecule has 3 heteroatoms. The van der Waals surface area contributed by atoms with Crippen LogP contribution in [0.4, 0.5) is 11.4 Å². The second-order valence-corrected chi connectivity index (χ2v) is 4.19. The number of pyridine rings is 1. The number of aromatic nitrogens is 1. The van der Waals surface area contributed by atoms with Gasteiger partial charge < -0.3 is 10.6 Å². The van der Waals surface area contributed by atoms with Crippen LogP contribution in [0, 0.1) is 6.92 Å². The second kappa shape index (κ2) is 4.62. The van der Waals surface area contributed by atoms with Gasteiger partial charge >= 0.3 is 0 Å². The Bertz CT molecular complexity index is 530. The quantitative estimate of drug-likeness (QED) is 0.823. The van der Waals surface area contributed by atoms with Crippen molar-refractivity contribution in [1.82, 2.24) is 4.98 Å². The van der Waals surface area contributed by atoms with Gasteiger partial charge in [0.1, 0.15) is 0 Å². The van der Waals surface area contributed by atoms with Crippen molar-refractivity contribution in [2.75, 3.05) is 23.7 Å². The highest BCUT2D eigenvalue weighted by molar-refractivity contribution is 5.97. The molecule has 0 fully saturated rings. The van der Waals surface area contributed by atoms with E-state index in [1.807, 2.05) is 19.1 Å². The Balaban J connectivity index is 2.61. The Morgan fingerprint density at radius 1 is 1.12 bits per heavy atom. The average molecular weight is 229 g/mol. The summed E-state index contributed by atoms with van der Waals surface area (Å²) >= 11 is 0. The number of fused-ring (bicyclic) bond motifs is 1. The van der Waals surface area contributed by atoms with Gasteiger partial charge in [-0.25, -0.2) is 0 Å². The van der Waals surface area contributed by atoms with Crippen molar-refractivity contribution < 1.29 is 0 Å². The molecule has 17 heavy (non-hydrogen) atoms. The summed E-state index contributed by atoms with van der Waals surface area (Å²) < 4.78 is 0. The van der Waals surface area contributed by atoms with Crippen molar-refractivity contribution in [3.05, 3.63) is 30.0 Å². The first-order valence-corrected chi connectivity index (χ1v) is 6.08. The second-order valence-electron chi connectivity index (χ2n) is 4.19. The number of hydrogen-bond acceptors (Lipinski definition) is 3. The summed E-state index contributed by atoms with van der Waals surface area (Å²) in [5, 5.41) is 1.04. The minimum absolute atomic E-state index is 0.832. The van der Waals surface area contributed by atoms with Crippen molar-refractivity contribution in [1.29, 1.82) is 0 Å². The molecule has 0 aliphatic carbocycles. The summed E-state index contributed by atoms with van der Waals surface area (Å²) in [6.45, 7) is 8.20. The zero-order chi connectivity index (χ0) is 12.4. The number of aryl methyl sites for hydroxylation is 1. The maximum absolute atomic E-state index is 6.24. The zero-order valence-corrected chi connectivity index (χ0v) is 10.7. The van der Waals surface area contributed by atoms with Crippen LogP contribution in [0.2, 0.25) is 0 Å². The highest BCUT2D eigenvalue weighted by atomic mass is 15.1. The Hall–Kier alpha value is -1.77. The largest absolute Gasteiger partial charge is 0.396 e. The topological polar surface area (TPSA) is 42.2 Å². The van der Waals surface area contributed by atoms with E-state index in [-0.39, 0.29) is 0 Å². The first-order valence-electron chi connectivity index (χ1n) is 6.08. The molecule has 0 aliphatic heterocycles. The molecule has 0 aliphatic rings. The van der Waals surface area contributed by atoms with E-state index in [0.717, 1.165) is 41.1 Å². The molecule has 0 saturated heterocycles. The molecular weight excluding hydrogens is 210 g/mol. The van der Waals surface area contributed by atoms with E-state index in [2.05, 4.69) is 35.9 Å². The number of benzene rings is 1. The molecule has 1 heterocycles. The van der Waals surface area contributed by atoms with Gasteiger partial charge in [-0.3, -0.25) is 4.98 Å². The van der Waals surface area contributed by atoms with Gasteiger partial charge in [0.15, 0.2) is 0 Å². The zero-order valence-electron chi connectivity index (χ0n) is 10.7. The van der Waals surface area contributed by atoms with Crippen LogP contribution in [0.15, 0.2) is 24.3 Å². The van der Waals surface area contributed by atoms with Crippen molar-refractivity contribution in [3.63, 3.8) is 0 Å². The van der Waals surface area contributed by atoms with Crippen LogP contribution in [-0.4, -0.2) is 18.1 Å². The first kappa shape index (κ1) is 11.7. The lowest BCUT2D eigenvalue weighted by molar-refractivity contribution is 0.868. The monoisotopic (exact) mass is 229 g/mol. The van der Waals surface area contributed by atoms with Crippen molar-refractivity contribution in [2.24, 2.45) is 0 Å². The fraction of sp³-hybridized carbons (Fsp3) is 0.357. The number of nitrogens with zero attached hydrogens (tertiary/aromatic N) is 2. The van der Waals surface area contributed by atoms with Crippen LogP contribution < -0.4 is 10.6 Å². The van der Waals surface area contributed by atoms with Crippen molar-refractivity contribution >= 4 is 22.3 Å². The summed E-state index contributed by atoms with van der Waals surface area (Å²) in [5.41, 5.74) is 10.2. The van der Waals surface area contributed by atoms with Crippen LogP contribution in [0.3, 0.4) is 0 Å². The molecule has 2 N–H and O–H groups in total. The highest BCUT2D eigenvalue weighted by Crippen LogP contribution is 2.30. The molecular formula is C14H19N3. The van der Waals surface area contributed by atoms with Gasteiger partial charge in [-0.2, -0.15) is 0 Å². The smallest absolute Gasteiger partial charge is 0.0727 e. The fourth-order valence-corrected chi connectivity index (χ4v) is 2.16. The summed E-state index contributed by atoms with van der Waals surface area (Å²) in [7, 11) is 0. The van der Waals surface area contributed by atoms with Crippen LogP contribution in [0.25, 0.3) is 10.9 Å². The first-order chi connectivity index (χ1) is 8.17. The number of nitrogens with two attached hydrogens (primary N) is 1. The van der Waals surface area contributed by atoms with E-state index in [0.29, 0.717) is 0 Å². The molecule has 2 rings (SSSR count). The number of anilines is 2. The highest BCUT2D eigenvalue weighted by Gasteiger charge is 2.09. The summed E-state index contributed by atoms with van der Waals surface area (Å²) in [6.07, 6.45) is 0. The van der Waals surface area contributed by atoms with E-state index in [1.54, 1.807) is 0 Å². The molecule has 0 unspecified atom stereocenters. The van der Waals surface area contributed by atoms with E-state index in [1.165, 1.54) is 0 Å². The van der Waals surface area contributed by atoms with E-state index >= 15 is 0 Å². The van der Waals surface area contributed by atoms with E-state index in [9.17, 15) is 0 Å². The van der Waals surface area contributed by atoms with Gasteiger partial charge in [0.25, 0.3) is 0 Å². The molecule has 1 aromatic carbocycles. The summed E-state index contributed by atoms with van der Waals surface area (Å²) in [6, 6.07) is 8.17. The molecule has 0 spiro atoms. The standard InChI is InChI=1S/C14H19N3/c1-4-17(5-2)13-9-8-12-11(14(13)15)7-6-10(3)16-12/h6-9H,4-5,15H2,1-3H3. The molecule has 1 aromatic heterocycles. The molecule has 0 saturated carbocycles.